The summed E-state index contributed by atoms with van der Waals surface area (Å²) < 4.78 is 2.31. The van der Waals surface area contributed by atoms with Crippen LogP contribution in [0.25, 0.3) is 11.4 Å². The van der Waals surface area contributed by atoms with E-state index in [4.69, 9.17) is 11.6 Å². The maximum absolute atomic E-state index is 6.18. The number of piperidine rings is 1. The van der Waals surface area contributed by atoms with Crippen molar-refractivity contribution in [2.75, 3.05) is 18.8 Å². The minimum absolute atomic E-state index is 0.526. The molecule has 0 bridgehead atoms. The van der Waals surface area contributed by atoms with Gasteiger partial charge in [-0.3, -0.25) is 0 Å². The Balaban J connectivity index is 1.80. The lowest BCUT2D eigenvalue weighted by molar-refractivity contribution is 0.432. The van der Waals surface area contributed by atoms with Crippen LogP contribution < -0.4 is 5.32 Å². The molecule has 1 N–H and O–H groups in total. The van der Waals surface area contributed by atoms with Gasteiger partial charge in [-0.1, -0.05) is 11.6 Å². The number of aromatic nitrogens is 3. The largest absolute Gasteiger partial charge is 0.317 e. The average molecular weight is 321 g/mol. The summed E-state index contributed by atoms with van der Waals surface area (Å²) in [5.41, 5.74) is 1.12. The number of nitrogens with one attached hydrogen (secondary N) is 1. The van der Waals surface area contributed by atoms with Crippen LogP contribution in [0, 0.1) is 0 Å². The number of hydrogen-bond donors (Lipinski definition) is 1. The van der Waals surface area contributed by atoms with E-state index in [9.17, 15) is 0 Å². The van der Waals surface area contributed by atoms with Crippen LogP contribution in [-0.2, 0) is 6.54 Å². The zero-order valence-electron chi connectivity index (χ0n) is 11.7. The van der Waals surface area contributed by atoms with Crippen molar-refractivity contribution in [3.05, 3.63) is 29.0 Å². The monoisotopic (exact) mass is 320 g/mol. The van der Waals surface area contributed by atoms with Gasteiger partial charge in [0, 0.05) is 33.7 Å². The van der Waals surface area contributed by atoms with Gasteiger partial charge in [-0.05, 0) is 44.1 Å². The van der Waals surface area contributed by atoms with Gasteiger partial charge in [-0.15, -0.1) is 22.0 Å². The maximum atomic E-state index is 6.18. The van der Waals surface area contributed by atoms with E-state index in [-0.39, 0.29) is 0 Å². The third-order valence-electron chi connectivity index (χ3n) is 4.24. The number of rotatable bonds is 1. The van der Waals surface area contributed by atoms with Crippen molar-refractivity contribution in [1.29, 1.82) is 0 Å². The minimum Gasteiger partial charge on any atom is -0.317 e. The standard InChI is InChI=1S/C15H17ClN4S/c16-11-1-2-13-12(9-11)15-19-18-14(20(15)7-8-21-13)10-3-5-17-6-4-10/h1-2,9-10,17H,3-8H2. The van der Waals surface area contributed by atoms with Crippen molar-refractivity contribution in [3.8, 4) is 11.4 Å². The first-order chi connectivity index (χ1) is 10.3. The molecule has 0 unspecified atom stereocenters. The van der Waals surface area contributed by atoms with Crippen molar-refractivity contribution in [2.24, 2.45) is 0 Å². The lowest BCUT2D eigenvalue weighted by Gasteiger charge is -2.22. The number of nitrogens with zero attached hydrogens (tertiary/aromatic N) is 3. The predicted octanol–water partition coefficient (Wildman–Crippen LogP) is 3.17. The number of benzene rings is 1. The molecule has 6 heteroatoms. The molecule has 2 aromatic rings. The molecule has 110 valence electrons. The van der Waals surface area contributed by atoms with Crippen molar-refractivity contribution in [2.45, 2.75) is 30.2 Å². The first-order valence-corrected chi connectivity index (χ1v) is 8.76. The van der Waals surface area contributed by atoms with Crippen molar-refractivity contribution >= 4 is 23.4 Å². The van der Waals surface area contributed by atoms with Gasteiger partial charge in [-0.25, -0.2) is 0 Å². The summed E-state index contributed by atoms with van der Waals surface area (Å²) in [6, 6.07) is 6.06. The Morgan fingerprint density at radius 3 is 2.95 bits per heavy atom. The summed E-state index contributed by atoms with van der Waals surface area (Å²) >= 11 is 8.05. The second-order valence-corrected chi connectivity index (χ2v) is 7.12. The highest BCUT2D eigenvalue weighted by Gasteiger charge is 2.26. The van der Waals surface area contributed by atoms with Crippen LogP contribution in [0.4, 0.5) is 0 Å². The Bertz CT molecular complexity index is 664. The van der Waals surface area contributed by atoms with Crippen molar-refractivity contribution < 1.29 is 0 Å². The van der Waals surface area contributed by atoms with E-state index >= 15 is 0 Å². The van der Waals surface area contributed by atoms with E-state index in [1.807, 2.05) is 23.9 Å². The highest BCUT2D eigenvalue weighted by Crippen LogP contribution is 2.37. The molecule has 1 fully saturated rings. The normalized spacial score (nSPS) is 18.9. The smallest absolute Gasteiger partial charge is 0.165 e. The third-order valence-corrected chi connectivity index (χ3v) is 5.53. The van der Waals surface area contributed by atoms with E-state index in [0.29, 0.717) is 5.92 Å². The van der Waals surface area contributed by atoms with Gasteiger partial charge in [0.25, 0.3) is 0 Å². The van der Waals surface area contributed by atoms with Gasteiger partial charge in [0.2, 0.25) is 0 Å². The summed E-state index contributed by atoms with van der Waals surface area (Å²) in [6.07, 6.45) is 2.29. The zero-order chi connectivity index (χ0) is 14.2. The van der Waals surface area contributed by atoms with Crippen LogP contribution >= 0.6 is 23.4 Å². The topological polar surface area (TPSA) is 42.7 Å². The summed E-state index contributed by atoms with van der Waals surface area (Å²) in [5, 5.41) is 13.2. The van der Waals surface area contributed by atoms with E-state index in [2.05, 4.69) is 26.1 Å². The molecule has 4 rings (SSSR count). The van der Waals surface area contributed by atoms with E-state index < -0.39 is 0 Å². The summed E-state index contributed by atoms with van der Waals surface area (Å²) in [6.45, 7) is 3.12. The van der Waals surface area contributed by atoms with E-state index in [0.717, 1.165) is 60.5 Å². The molecule has 3 heterocycles. The fourth-order valence-corrected chi connectivity index (χ4v) is 4.30. The summed E-state index contributed by atoms with van der Waals surface area (Å²) in [5.74, 6) is 3.71. The SMILES string of the molecule is Clc1ccc2c(c1)-c1nnc(C3CCNCC3)n1CCS2. The van der Waals surface area contributed by atoms with Gasteiger partial charge >= 0.3 is 0 Å². The Morgan fingerprint density at radius 2 is 2.10 bits per heavy atom. The molecule has 4 nitrogen and oxygen atoms in total. The molecule has 1 aromatic heterocycles. The molecular formula is C15H17ClN4S. The second-order valence-electron chi connectivity index (χ2n) is 5.55. The van der Waals surface area contributed by atoms with Crippen LogP contribution in [0.1, 0.15) is 24.6 Å². The first-order valence-electron chi connectivity index (χ1n) is 7.39. The lowest BCUT2D eigenvalue weighted by Crippen LogP contribution is -2.28. The van der Waals surface area contributed by atoms with Crippen LogP contribution in [0.5, 0.6) is 0 Å². The number of halogens is 1. The average Bonchev–Trinajstić information content (AvgIpc) is 2.85. The maximum Gasteiger partial charge on any atom is 0.165 e. The molecule has 0 amide bonds. The molecule has 2 aliphatic heterocycles. The van der Waals surface area contributed by atoms with Gasteiger partial charge < -0.3 is 9.88 Å². The molecular weight excluding hydrogens is 304 g/mol. The molecule has 0 atom stereocenters. The highest BCUT2D eigenvalue weighted by molar-refractivity contribution is 7.99. The molecule has 0 radical (unpaired) electrons. The Hall–Kier alpha value is -1.04. The van der Waals surface area contributed by atoms with Gasteiger partial charge in [0.1, 0.15) is 5.82 Å². The molecule has 0 aliphatic carbocycles. The highest BCUT2D eigenvalue weighted by atomic mass is 35.5. The van der Waals surface area contributed by atoms with Crippen molar-refractivity contribution in [1.82, 2.24) is 20.1 Å². The van der Waals surface area contributed by atoms with Crippen molar-refractivity contribution in [3.63, 3.8) is 0 Å². The fraction of sp³-hybridized carbons (Fsp3) is 0.467. The molecule has 1 saturated heterocycles. The molecule has 0 spiro atoms. The second kappa shape index (κ2) is 5.63. The van der Waals surface area contributed by atoms with E-state index in [1.165, 1.54) is 4.90 Å². The van der Waals surface area contributed by atoms with E-state index in [1.54, 1.807) is 0 Å². The summed E-state index contributed by atoms with van der Waals surface area (Å²) in [4.78, 5) is 1.25. The molecule has 1 aromatic carbocycles. The van der Waals surface area contributed by atoms with Crippen LogP contribution in [0.2, 0.25) is 5.02 Å². The zero-order valence-corrected chi connectivity index (χ0v) is 13.3. The van der Waals surface area contributed by atoms with Crippen LogP contribution in [0.15, 0.2) is 23.1 Å². The predicted molar refractivity (Wildman–Crippen MR) is 86.0 cm³/mol. The molecule has 2 aliphatic rings. The lowest BCUT2D eigenvalue weighted by atomic mass is 9.97. The van der Waals surface area contributed by atoms with Gasteiger partial charge in [0.15, 0.2) is 5.82 Å². The minimum atomic E-state index is 0.526. The Labute approximate surface area is 133 Å². The third kappa shape index (κ3) is 2.47. The summed E-state index contributed by atoms with van der Waals surface area (Å²) in [7, 11) is 0. The first kappa shape index (κ1) is 13.6. The quantitative estimate of drug-likeness (QED) is 0.876. The number of hydrogen-bond acceptors (Lipinski definition) is 4. The number of fused-ring (bicyclic) bond motifs is 3. The number of thioether (sulfide) groups is 1. The molecule has 21 heavy (non-hydrogen) atoms. The Morgan fingerprint density at radius 1 is 1.24 bits per heavy atom. The van der Waals surface area contributed by atoms with Crippen LogP contribution in [0.3, 0.4) is 0 Å². The fourth-order valence-electron chi connectivity index (χ4n) is 3.17. The van der Waals surface area contributed by atoms with Crippen LogP contribution in [-0.4, -0.2) is 33.6 Å². The Kier molecular flexibility index (Phi) is 3.65. The van der Waals surface area contributed by atoms with Gasteiger partial charge in [0.05, 0.1) is 0 Å². The van der Waals surface area contributed by atoms with Gasteiger partial charge in [-0.2, -0.15) is 0 Å². The molecule has 0 saturated carbocycles.